The highest BCUT2D eigenvalue weighted by molar-refractivity contribution is 8.00. The molecule has 2 aromatic carbocycles. The van der Waals surface area contributed by atoms with E-state index in [2.05, 4.69) is 16.0 Å². The quantitative estimate of drug-likeness (QED) is 0.777. The summed E-state index contributed by atoms with van der Waals surface area (Å²) in [5.41, 5.74) is 1.91. The standard InChI is InChI=1S/C15H12ClN3O2S/c16-9-2-1-3-10(6-9)17-15(21)18-11-4-5-13-12(7-11)19-14(20)8-22-13/h1-7H,8H2,(H,19,20)(H2,17,18,21). The summed E-state index contributed by atoms with van der Waals surface area (Å²) < 4.78 is 0. The first kappa shape index (κ1) is 14.7. The number of fused-ring (bicyclic) bond motifs is 1. The Hall–Kier alpha value is -2.18. The lowest BCUT2D eigenvalue weighted by Gasteiger charge is -2.17. The van der Waals surface area contributed by atoms with Gasteiger partial charge < -0.3 is 16.0 Å². The zero-order valence-electron chi connectivity index (χ0n) is 11.4. The maximum atomic E-state index is 12.0. The van der Waals surface area contributed by atoms with Gasteiger partial charge in [0.2, 0.25) is 5.91 Å². The third-order valence-electron chi connectivity index (χ3n) is 2.95. The van der Waals surface area contributed by atoms with Gasteiger partial charge in [-0.15, -0.1) is 11.8 Å². The Labute approximate surface area is 136 Å². The van der Waals surface area contributed by atoms with Crippen LogP contribution in [-0.4, -0.2) is 17.7 Å². The summed E-state index contributed by atoms with van der Waals surface area (Å²) in [6.45, 7) is 0. The number of carbonyl (C=O) groups excluding carboxylic acids is 2. The number of amides is 3. The van der Waals surface area contributed by atoms with E-state index in [9.17, 15) is 9.59 Å². The summed E-state index contributed by atoms with van der Waals surface area (Å²) in [7, 11) is 0. The lowest BCUT2D eigenvalue weighted by molar-refractivity contribution is -0.113. The van der Waals surface area contributed by atoms with Gasteiger partial charge in [-0.1, -0.05) is 17.7 Å². The molecular weight excluding hydrogens is 322 g/mol. The number of carbonyl (C=O) groups is 2. The maximum absolute atomic E-state index is 12.0. The molecule has 0 saturated carbocycles. The normalized spacial score (nSPS) is 13.0. The van der Waals surface area contributed by atoms with Crippen molar-refractivity contribution in [1.29, 1.82) is 0 Å². The van der Waals surface area contributed by atoms with Crippen LogP contribution in [0, 0.1) is 0 Å². The van der Waals surface area contributed by atoms with Crippen molar-refractivity contribution in [3.8, 4) is 0 Å². The SMILES string of the molecule is O=C1CSc2ccc(NC(=O)Nc3cccc(Cl)c3)cc2N1. The van der Waals surface area contributed by atoms with Gasteiger partial charge in [-0.05, 0) is 36.4 Å². The second kappa shape index (κ2) is 6.29. The predicted octanol–water partition coefficient (Wildman–Crippen LogP) is 4.03. The van der Waals surface area contributed by atoms with Gasteiger partial charge in [0.1, 0.15) is 0 Å². The van der Waals surface area contributed by atoms with Crippen LogP contribution in [0.5, 0.6) is 0 Å². The van der Waals surface area contributed by atoms with Gasteiger partial charge in [0.15, 0.2) is 0 Å². The molecule has 1 aliphatic heterocycles. The van der Waals surface area contributed by atoms with Crippen LogP contribution in [0.2, 0.25) is 5.02 Å². The van der Waals surface area contributed by atoms with Crippen molar-refractivity contribution in [2.75, 3.05) is 21.7 Å². The lowest BCUT2D eigenvalue weighted by Crippen LogP contribution is -2.21. The number of hydrogen-bond donors (Lipinski definition) is 3. The van der Waals surface area contributed by atoms with Crippen molar-refractivity contribution in [3.63, 3.8) is 0 Å². The predicted molar refractivity (Wildman–Crippen MR) is 89.9 cm³/mol. The van der Waals surface area contributed by atoms with Gasteiger partial charge in [-0.2, -0.15) is 0 Å². The van der Waals surface area contributed by atoms with E-state index in [1.54, 1.807) is 36.4 Å². The molecule has 3 amide bonds. The molecule has 0 fully saturated rings. The van der Waals surface area contributed by atoms with Gasteiger partial charge in [0.25, 0.3) is 0 Å². The van der Waals surface area contributed by atoms with Crippen molar-refractivity contribution in [2.24, 2.45) is 0 Å². The fourth-order valence-electron chi connectivity index (χ4n) is 2.02. The van der Waals surface area contributed by atoms with E-state index in [4.69, 9.17) is 11.6 Å². The molecule has 7 heteroatoms. The smallest absolute Gasteiger partial charge is 0.323 e. The Kier molecular flexibility index (Phi) is 4.22. The average Bonchev–Trinajstić information content (AvgIpc) is 2.46. The van der Waals surface area contributed by atoms with Crippen molar-refractivity contribution in [2.45, 2.75) is 4.90 Å². The first-order chi connectivity index (χ1) is 10.6. The number of hydrogen-bond acceptors (Lipinski definition) is 3. The fraction of sp³-hybridized carbons (Fsp3) is 0.0667. The maximum Gasteiger partial charge on any atom is 0.323 e. The number of urea groups is 1. The van der Waals surface area contributed by atoms with Crippen LogP contribution in [0.15, 0.2) is 47.4 Å². The topological polar surface area (TPSA) is 70.2 Å². The minimum Gasteiger partial charge on any atom is -0.324 e. The van der Waals surface area contributed by atoms with Crippen LogP contribution in [-0.2, 0) is 4.79 Å². The van der Waals surface area contributed by atoms with Crippen molar-refractivity contribution in [1.82, 2.24) is 0 Å². The van der Waals surface area contributed by atoms with Gasteiger partial charge in [-0.3, -0.25) is 4.79 Å². The van der Waals surface area contributed by atoms with Crippen molar-refractivity contribution < 1.29 is 9.59 Å². The molecule has 0 spiro atoms. The fourth-order valence-corrected chi connectivity index (χ4v) is 3.00. The van der Waals surface area contributed by atoms with E-state index in [-0.39, 0.29) is 11.9 Å². The summed E-state index contributed by atoms with van der Waals surface area (Å²) in [6, 6.07) is 11.9. The van der Waals surface area contributed by atoms with Crippen molar-refractivity contribution in [3.05, 3.63) is 47.5 Å². The minimum atomic E-state index is -0.378. The van der Waals surface area contributed by atoms with Crippen LogP contribution in [0.1, 0.15) is 0 Å². The summed E-state index contributed by atoms with van der Waals surface area (Å²) in [5.74, 6) is 0.368. The molecule has 0 radical (unpaired) electrons. The van der Waals surface area contributed by atoms with Crippen molar-refractivity contribution >= 4 is 52.4 Å². The van der Waals surface area contributed by atoms with Gasteiger partial charge in [-0.25, -0.2) is 4.79 Å². The number of rotatable bonds is 2. The van der Waals surface area contributed by atoms with Crippen LogP contribution in [0.3, 0.4) is 0 Å². The second-order valence-corrected chi connectivity index (χ2v) is 6.09. The molecule has 0 atom stereocenters. The van der Waals surface area contributed by atoms with E-state index >= 15 is 0 Å². The van der Waals surface area contributed by atoms with E-state index < -0.39 is 0 Å². The van der Waals surface area contributed by atoms with Crippen LogP contribution in [0.25, 0.3) is 0 Å². The first-order valence-corrected chi connectivity index (χ1v) is 7.87. The molecule has 0 unspecified atom stereocenters. The van der Waals surface area contributed by atoms with Crippen LogP contribution >= 0.6 is 23.4 Å². The Morgan fingerprint density at radius 1 is 1.14 bits per heavy atom. The van der Waals surface area contributed by atoms with E-state index in [1.807, 2.05) is 6.07 Å². The molecule has 1 aliphatic rings. The molecular formula is C15H12ClN3O2S. The lowest BCUT2D eigenvalue weighted by atomic mass is 10.2. The first-order valence-electron chi connectivity index (χ1n) is 6.50. The number of thioether (sulfide) groups is 1. The summed E-state index contributed by atoms with van der Waals surface area (Å²) >= 11 is 7.34. The third kappa shape index (κ3) is 3.52. The largest absolute Gasteiger partial charge is 0.324 e. The van der Waals surface area contributed by atoms with Gasteiger partial charge >= 0.3 is 6.03 Å². The van der Waals surface area contributed by atoms with Crippen LogP contribution < -0.4 is 16.0 Å². The highest BCUT2D eigenvalue weighted by atomic mass is 35.5. The zero-order chi connectivity index (χ0) is 15.5. The van der Waals surface area contributed by atoms with E-state index in [0.29, 0.717) is 27.8 Å². The van der Waals surface area contributed by atoms with Crippen LogP contribution in [0.4, 0.5) is 21.9 Å². The molecule has 5 nitrogen and oxygen atoms in total. The average molecular weight is 334 g/mol. The number of anilines is 3. The number of halogens is 1. The Morgan fingerprint density at radius 2 is 1.91 bits per heavy atom. The monoisotopic (exact) mass is 333 g/mol. The molecule has 0 saturated heterocycles. The molecule has 0 aliphatic carbocycles. The zero-order valence-corrected chi connectivity index (χ0v) is 12.9. The minimum absolute atomic E-state index is 0.0435. The molecule has 0 bridgehead atoms. The Bertz CT molecular complexity index is 751. The highest BCUT2D eigenvalue weighted by Gasteiger charge is 2.15. The van der Waals surface area contributed by atoms with Gasteiger partial charge in [0.05, 0.1) is 11.4 Å². The van der Waals surface area contributed by atoms with Gasteiger partial charge in [0, 0.05) is 21.3 Å². The number of benzene rings is 2. The summed E-state index contributed by atoms with van der Waals surface area (Å²) in [5, 5.41) is 8.74. The van der Waals surface area contributed by atoms with E-state index in [1.165, 1.54) is 11.8 Å². The second-order valence-electron chi connectivity index (χ2n) is 4.64. The summed E-state index contributed by atoms with van der Waals surface area (Å²) in [4.78, 5) is 24.3. The molecule has 1 heterocycles. The summed E-state index contributed by atoms with van der Waals surface area (Å²) in [6.07, 6.45) is 0. The highest BCUT2D eigenvalue weighted by Crippen LogP contribution is 2.33. The Morgan fingerprint density at radius 3 is 2.68 bits per heavy atom. The van der Waals surface area contributed by atoms with E-state index in [0.717, 1.165) is 4.90 Å². The molecule has 112 valence electrons. The molecule has 22 heavy (non-hydrogen) atoms. The Balaban J connectivity index is 1.69. The molecule has 3 rings (SSSR count). The molecule has 2 aromatic rings. The number of nitrogens with one attached hydrogen (secondary N) is 3. The third-order valence-corrected chi connectivity index (χ3v) is 4.26. The molecule has 3 N–H and O–H groups in total. The molecule has 0 aromatic heterocycles.